The Kier molecular flexibility index (Phi) is 7.29. The fourth-order valence-electron chi connectivity index (χ4n) is 3.97. The standard InChI is InChI=1S/C20H30N2O2.ClH/c1-15-6-4-9-18(12-15)24-14-16-7-5-8-17(13-16)22-19(23)20(21)10-2-3-11-20;/h5,7-8,13,15,18H,2-4,6,9-12,14,21H2,1H3,(H,22,23);1H. The van der Waals surface area contributed by atoms with Crippen LogP contribution in [0.15, 0.2) is 24.3 Å². The maximum atomic E-state index is 12.4. The third kappa shape index (κ3) is 5.44. The molecule has 2 aliphatic rings. The SMILES string of the molecule is CC1CCCC(OCc2cccc(NC(=O)C3(N)CCCC3)c2)C1.Cl. The molecule has 3 rings (SSSR count). The maximum absolute atomic E-state index is 12.4. The molecule has 25 heavy (non-hydrogen) atoms. The van der Waals surface area contributed by atoms with E-state index >= 15 is 0 Å². The topological polar surface area (TPSA) is 64.3 Å². The minimum atomic E-state index is -0.690. The predicted octanol–water partition coefficient (Wildman–Crippen LogP) is 4.41. The van der Waals surface area contributed by atoms with E-state index in [2.05, 4.69) is 18.3 Å². The van der Waals surface area contributed by atoms with Crippen molar-refractivity contribution in [3.63, 3.8) is 0 Å². The van der Waals surface area contributed by atoms with Crippen LogP contribution in [0.2, 0.25) is 0 Å². The summed E-state index contributed by atoms with van der Waals surface area (Å²) in [6.07, 6.45) is 8.92. The number of halogens is 1. The van der Waals surface area contributed by atoms with E-state index in [9.17, 15) is 4.79 Å². The van der Waals surface area contributed by atoms with Gasteiger partial charge in [0.05, 0.1) is 18.2 Å². The Morgan fingerprint density at radius 2 is 2.04 bits per heavy atom. The number of hydrogen-bond acceptors (Lipinski definition) is 3. The number of nitrogens with one attached hydrogen (secondary N) is 1. The van der Waals surface area contributed by atoms with Crippen molar-refractivity contribution in [1.82, 2.24) is 0 Å². The minimum Gasteiger partial charge on any atom is -0.374 e. The Morgan fingerprint density at radius 1 is 1.28 bits per heavy atom. The molecule has 1 aromatic rings. The van der Waals surface area contributed by atoms with E-state index in [0.717, 1.165) is 55.7 Å². The van der Waals surface area contributed by atoms with Crippen LogP contribution in [-0.2, 0) is 16.1 Å². The van der Waals surface area contributed by atoms with E-state index in [-0.39, 0.29) is 18.3 Å². The largest absolute Gasteiger partial charge is 0.374 e. The zero-order chi connectivity index (χ0) is 17.0. The van der Waals surface area contributed by atoms with E-state index in [1.54, 1.807) is 0 Å². The van der Waals surface area contributed by atoms with E-state index in [0.29, 0.717) is 12.7 Å². The zero-order valence-corrected chi connectivity index (χ0v) is 15.9. The second-order valence-corrected chi connectivity index (χ2v) is 7.72. The fourth-order valence-corrected chi connectivity index (χ4v) is 3.97. The normalized spacial score (nSPS) is 25.2. The van der Waals surface area contributed by atoms with Gasteiger partial charge in [-0.3, -0.25) is 4.79 Å². The highest BCUT2D eigenvalue weighted by molar-refractivity contribution is 5.98. The summed E-state index contributed by atoms with van der Waals surface area (Å²) in [7, 11) is 0. The Labute approximate surface area is 157 Å². The van der Waals surface area contributed by atoms with Gasteiger partial charge in [-0.15, -0.1) is 12.4 Å². The van der Waals surface area contributed by atoms with Gasteiger partial charge in [0.15, 0.2) is 0 Å². The van der Waals surface area contributed by atoms with Gasteiger partial charge in [-0.05, 0) is 49.3 Å². The lowest BCUT2D eigenvalue weighted by Crippen LogP contribution is -2.48. The fraction of sp³-hybridized carbons (Fsp3) is 0.650. The second kappa shape index (κ2) is 9.02. The van der Waals surface area contributed by atoms with Crippen LogP contribution in [0.4, 0.5) is 5.69 Å². The van der Waals surface area contributed by atoms with Crippen LogP contribution in [0.1, 0.15) is 63.9 Å². The highest BCUT2D eigenvalue weighted by atomic mass is 35.5. The Balaban J connectivity index is 0.00000225. The van der Waals surface area contributed by atoms with Gasteiger partial charge in [0, 0.05) is 5.69 Å². The quantitative estimate of drug-likeness (QED) is 0.811. The molecule has 3 N–H and O–H groups in total. The third-order valence-electron chi connectivity index (χ3n) is 5.51. The molecule has 0 saturated heterocycles. The molecule has 2 atom stereocenters. The number of anilines is 1. The number of nitrogens with two attached hydrogens (primary N) is 1. The van der Waals surface area contributed by atoms with Crippen molar-refractivity contribution >= 4 is 24.0 Å². The van der Waals surface area contributed by atoms with Crippen LogP contribution < -0.4 is 11.1 Å². The van der Waals surface area contributed by atoms with Crippen molar-refractivity contribution in [1.29, 1.82) is 0 Å². The molecular weight excluding hydrogens is 336 g/mol. The van der Waals surface area contributed by atoms with Gasteiger partial charge < -0.3 is 15.8 Å². The average Bonchev–Trinajstić information content (AvgIpc) is 3.02. The number of benzene rings is 1. The summed E-state index contributed by atoms with van der Waals surface area (Å²) in [6.45, 7) is 2.91. The third-order valence-corrected chi connectivity index (χ3v) is 5.51. The molecule has 2 fully saturated rings. The molecule has 0 radical (unpaired) electrons. The summed E-state index contributed by atoms with van der Waals surface area (Å²) in [6, 6.07) is 7.94. The van der Waals surface area contributed by atoms with Crippen molar-refractivity contribution in [3.05, 3.63) is 29.8 Å². The first-order valence-corrected chi connectivity index (χ1v) is 9.36. The van der Waals surface area contributed by atoms with Crippen molar-refractivity contribution in [2.24, 2.45) is 11.7 Å². The molecule has 0 spiro atoms. The van der Waals surface area contributed by atoms with Crippen LogP contribution >= 0.6 is 12.4 Å². The van der Waals surface area contributed by atoms with E-state index in [1.165, 1.54) is 12.8 Å². The summed E-state index contributed by atoms with van der Waals surface area (Å²) in [5, 5.41) is 2.99. The number of amides is 1. The monoisotopic (exact) mass is 366 g/mol. The van der Waals surface area contributed by atoms with Gasteiger partial charge in [0.2, 0.25) is 5.91 Å². The first-order chi connectivity index (χ1) is 11.5. The molecule has 5 heteroatoms. The predicted molar refractivity (Wildman–Crippen MR) is 104 cm³/mol. The number of ether oxygens (including phenoxy) is 1. The maximum Gasteiger partial charge on any atom is 0.244 e. The number of rotatable bonds is 5. The lowest BCUT2D eigenvalue weighted by Gasteiger charge is -2.27. The van der Waals surface area contributed by atoms with Crippen LogP contribution in [0.3, 0.4) is 0 Å². The molecule has 4 nitrogen and oxygen atoms in total. The Hall–Kier alpha value is -1.10. The summed E-state index contributed by atoms with van der Waals surface area (Å²) in [5.41, 5.74) is 7.45. The summed E-state index contributed by atoms with van der Waals surface area (Å²) in [5.74, 6) is 0.709. The van der Waals surface area contributed by atoms with Gasteiger partial charge in [-0.2, -0.15) is 0 Å². The Morgan fingerprint density at radius 3 is 2.76 bits per heavy atom. The van der Waals surface area contributed by atoms with E-state index < -0.39 is 5.54 Å². The number of hydrogen-bond donors (Lipinski definition) is 2. The molecule has 0 aliphatic heterocycles. The molecule has 2 aliphatic carbocycles. The van der Waals surface area contributed by atoms with E-state index in [1.807, 2.05) is 18.2 Å². The number of carbonyl (C=O) groups is 1. The Bertz CT molecular complexity index is 573. The van der Waals surface area contributed by atoms with Crippen LogP contribution in [0.5, 0.6) is 0 Å². The zero-order valence-electron chi connectivity index (χ0n) is 15.1. The molecule has 0 bridgehead atoms. The van der Waals surface area contributed by atoms with Crippen LogP contribution in [-0.4, -0.2) is 17.6 Å². The van der Waals surface area contributed by atoms with Gasteiger partial charge >= 0.3 is 0 Å². The van der Waals surface area contributed by atoms with Gasteiger partial charge in [0.25, 0.3) is 0 Å². The summed E-state index contributed by atoms with van der Waals surface area (Å²) >= 11 is 0. The summed E-state index contributed by atoms with van der Waals surface area (Å²) < 4.78 is 6.08. The molecule has 0 heterocycles. The molecule has 1 amide bonds. The molecular formula is C20H31ClN2O2. The minimum absolute atomic E-state index is 0. The lowest BCUT2D eigenvalue weighted by molar-refractivity contribution is -0.121. The van der Waals surface area contributed by atoms with Crippen molar-refractivity contribution in [3.8, 4) is 0 Å². The molecule has 140 valence electrons. The van der Waals surface area contributed by atoms with Crippen molar-refractivity contribution in [2.45, 2.75) is 76.5 Å². The molecule has 2 saturated carbocycles. The van der Waals surface area contributed by atoms with Crippen LogP contribution in [0, 0.1) is 5.92 Å². The highest BCUT2D eigenvalue weighted by Crippen LogP contribution is 2.29. The molecule has 2 unspecified atom stereocenters. The lowest BCUT2D eigenvalue weighted by atomic mass is 9.89. The first kappa shape index (κ1) is 20.2. The van der Waals surface area contributed by atoms with Crippen molar-refractivity contribution in [2.75, 3.05) is 5.32 Å². The molecule has 0 aromatic heterocycles. The van der Waals surface area contributed by atoms with Gasteiger partial charge in [-0.25, -0.2) is 0 Å². The second-order valence-electron chi connectivity index (χ2n) is 7.72. The molecule has 1 aromatic carbocycles. The van der Waals surface area contributed by atoms with Crippen LogP contribution in [0.25, 0.3) is 0 Å². The highest BCUT2D eigenvalue weighted by Gasteiger charge is 2.36. The number of carbonyl (C=O) groups excluding carboxylic acids is 1. The van der Waals surface area contributed by atoms with E-state index in [4.69, 9.17) is 10.5 Å². The smallest absolute Gasteiger partial charge is 0.244 e. The first-order valence-electron chi connectivity index (χ1n) is 9.36. The average molecular weight is 367 g/mol. The van der Waals surface area contributed by atoms with Crippen molar-refractivity contribution < 1.29 is 9.53 Å². The van der Waals surface area contributed by atoms with Gasteiger partial charge in [0.1, 0.15) is 0 Å². The summed E-state index contributed by atoms with van der Waals surface area (Å²) in [4.78, 5) is 12.4. The van der Waals surface area contributed by atoms with Gasteiger partial charge in [-0.1, -0.05) is 44.7 Å².